The van der Waals surface area contributed by atoms with Gasteiger partial charge in [0.25, 0.3) is 0 Å². The van der Waals surface area contributed by atoms with Crippen molar-refractivity contribution in [1.82, 2.24) is 0 Å². The van der Waals surface area contributed by atoms with E-state index in [1.54, 1.807) is 7.11 Å². The highest BCUT2D eigenvalue weighted by molar-refractivity contribution is 5.31. The Bertz CT molecular complexity index is 367. The maximum Gasteiger partial charge on any atom is 0.0843 e. The highest BCUT2D eigenvalue weighted by atomic mass is 16.5. The van der Waals surface area contributed by atoms with Crippen LogP contribution >= 0.6 is 0 Å². The normalized spacial score (nSPS) is 22.9. The van der Waals surface area contributed by atoms with Gasteiger partial charge in [-0.05, 0) is 30.9 Å². The van der Waals surface area contributed by atoms with Crippen molar-refractivity contribution in [2.75, 3.05) is 13.7 Å². The molecule has 0 aliphatic carbocycles. The molecule has 1 aromatic carbocycles. The molecule has 0 saturated carbocycles. The van der Waals surface area contributed by atoms with Crippen LogP contribution in [0.1, 0.15) is 30.6 Å². The first kappa shape index (κ1) is 12.6. The van der Waals surface area contributed by atoms with Gasteiger partial charge in [-0.25, -0.2) is 0 Å². The van der Waals surface area contributed by atoms with Gasteiger partial charge in [-0.15, -0.1) is 0 Å². The monoisotopic (exact) mass is 235 g/mol. The largest absolute Gasteiger partial charge is 0.380 e. The summed E-state index contributed by atoms with van der Waals surface area (Å²) in [6.07, 6.45) is 1.99. The molecular weight excluding hydrogens is 214 g/mol. The van der Waals surface area contributed by atoms with Crippen molar-refractivity contribution in [1.29, 1.82) is 0 Å². The Kier molecular flexibility index (Phi) is 4.15. The van der Waals surface area contributed by atoms with Crippen LogP contribution in [0.3, 0.4) is 0 Å². The molecule has 0 bridgehead atoms. The van der Waals surface area contributed by atoms with E-state index in [9.17, 15) is 0 Å². The van der Waals surface area contributed by atoms with Gasteiger partial charge in [0.15, 0.2) is 0 Å². The Morgan fingerprint density at radius 3 is 3.00 bits per heavy atom. The number of nitrogens with two attached hydrogens (primary N) is 1. The molecule has 3 atom stereocenters. The second kappa shape index (κ2) is 5.63. The summed E-state index contributed by atoms with van der Waals surface area (Å²) in [4.78, 5) is 0. The van der Waals surface area contributed by atoms with Crippen LogP contribution in [0, 0.1) is 0 Å². The summed E-state index contributed by atoms with van der Waals surface area (Å²) < 4.78 is 11.1. The fourth-order valence-electron chi connectivity index (χ4n) is 2.29. The summed E-state index contributed by atoms with van der Waals surface area (Å²) in [5, 5.41) is 0. The standard InChI is InChI=1S/C14H21NO2/c1-10(16-2)13(15)9-14-12-6-4-3-5-11(12)7-8-17-14/h3-6,10,13-14H,7-9,15H2,1-2H3. The van der Waals surface area contributed by atoms with Crippen LogP contribution in [0.2, 0.25) is 0 Å². The van der Waals surface area contributed by atoms with Gasteiger partial charge in [-0.3, -0.25) is 0 Å². The molecular formula is C14H21NO2. The molecule has 17 heavy (non-hydrogen) atoms. The first-order chi connectivity index (χ1) is 8.22. The van der Waals surface area contributed by atoms with E-state index < -0.39 is 0 Å². The zero-order chi connectivity index (χ0) is 12.3. The highest BCUT2D eigenvalue weighted by Gasteiger charge is 2.24. The number of hydrogen-bond donors (Lipinski definition) is 1. The maximum absolute atomic E-state index is 6.11. The van der Waals surface area contributed by atoms with Crippen molar-refractivity contribution in [2.45, 2.75) is 38.0 Å². The molecule has 2 rings (SSSR count). The third kappa shape index (κ3) is 2.86. The Labute approximate surface area is 103 Å². The van der Waals surface area contributed by atoms with E-state index in [-0.39, 0.29) is 18.2 Å². The molecule has 1 aliphatic rings. The van der Waals surface area contributed by atoms with Crippen LogP contribution in [0.5, 0.6) is 0 Å². The fraction of sp³-hybridized carbons (Fsp3) is 0.571. The van der Waals surface area contributed by atoms with Gasteiger partial charge in [0.05, 0.1) is 18.8 Å². The molecule has 94 valence electrons. The molecule has 1 heterocycles. The van der Waals surface area contributed by atoms with E-state index in [1.807, 2.05) is 6.92 Å². The highest BCUT2D eigenvalue weighted by Crippen LogP contribution is 2.30. The molecule has 0 spiro atoms. The molecule has 3 unspecified atom stereocenters. The van der Waals surface area contributed by atoms with Gasteiger partial charge in [-0.1, -0.05) is 24.3 Å². The van der Waals surface area contributed by atoms with E-state index in [0.29, 0.717) is 0 Å². The lowest BCUT2D eigenvalue weighted by Crippen LogP contribution is -2.36. The van der Waals surface area contributed by atoms with E-state index in [1.165, 1.54) is 11.1 Å². The lowest BCUT2D eigenvalue weighted by atomic mass is 9.92. The lowest BCUT2D eigenvalue weighted by Gasteiger charge is -2.29. The summed E-state index contributed by atoms with van der Waals surface area (Å²) in [5.41, 5.74) is 8.79. The van der Waals surface area contributed by atoms with Crippen molar-refractivity contribution < 1.29 is 9.47 Å². The summed E-state index contributed by atoms with van der Waals surface area (Å²) in [5.74, 6) is 0. The smallest absolute Gasteiger partial charge is 0.0843 e. The Morgan fingerprint density at radius 2 is 2.24 bits per heavy atom. The van der Waals surface area contributed by atoms with Gasteiger partial charge in [0, 0.05) is 13.2 Å². The molecule has 0 aromatic heterocycles. The average Bonchev–Trinajstić information content (AvgIpc) is 2.38. The first-order valence-corrected chi connectivity index (χ1v) is 6.20. The van der Waals surface area contributed by atoms with E-state index in [2.05, 4.69) is 24.3 Å². The molecule has 0 fully saturated rings. The van der Waals surface area contributed by atoms with E-state index in [0.717, 1.165) is 19.4 Å². The van der Waals surface area contributed by atoms with Crippen molar-refractivity contribution in [3.8, 4) is 0 Å². The number of ether oxygens (including phenoxy) is 2. The van der Waals surface area contributed by atoms with E-state index in [4.69, 9.17) is 15.2 Å². The molecule has 1 aromatic rings. The number of hydrogen-bond acceptors (Lipinski definition) is 3. The van der Waals surface area contributed by atoms with E-state index >= 15 is 0 Å². The summed E-state index contributed by atoms with van der Waals surface area (Å²) in [7, 11) is 1.69. The number of rotatable bonds is 4. The van der Waals surface area contributed by atoms with Gasteiger partial charge in [-0.2, -0.15) is 0 Å². The molecule has 0 amide bonds. The number of benzene rings is 1. The minimum atomic E-state index is 0.0103. The maximum atomic E-state index is 6.11. The predicted octanol–water partition coefficient (Wildman–Crippen LogP) is 2.05. The minimum Gasteiger partial charge on any atom is -0.380 e. The SMILES string of the molecule is COC(C)C(N)CC1OCCc2ccccc21. The Balaban J connectivity index is 2.08. The average molecular weight is 235 g/mol. The van der Waals surface area contributed by atoms with Gasteiger partial charge in [0.2, 0.25) is 0 Å². The second-order valence-electron chi connectivity index (χ2n) is 4.65. The zero-order valence-electron chi connectivity index (χ0n) is 10.6. The third-order valence-corrected chi connectivity index (χ3v) is 3.55. The van der Waals surface area contributed by atoms with Crippen molar-refractivity contribution in [3.05, 3.63) is 35.4 Å². The Morgan fingerprint density at radius 1 is 1.47 bits per heavy atom. The van der Waals surface area contributed by atoms with Crippen LogP contribution in [-0.4, -0.2) is 25.9 Å². The van der Waals surface area contributed by atoms with Crippen LogP contribution in [0.25, 0.3) is 0 Å². The minimum absolute atomic E-state index is 0.0103. The van der Waals surface area contributed by atoms with Crippen molar-refractivity contribution in [2.24, 2.45) is 5.73 Å². The third-order valence-electron chi connectivity index (χ3n) is 3.55. The Hall–Kier alpha value is -0.900. The molecule has 2 N–H and O–H groups in total. The quantitative estimate of drug-likeness (QED) is 0.868. The van der Waals surface area contributed by atoms with Crippen LogP contribution in [0.15, 0.2) is 24.3 Å². The number of fused-ring (bicyclic) bond motifs is 1. The topological polar surface area (TPSA) is 44.5 Å². The second-order valence-corrected chi connectivity index (χ2v) is 4.65. The predicted molar refractivity (Wildman–Crippen MR) is 67.9 cm³/mol. The lowest BCUT2D eigenvalue weighted by molar-refractivity contribution is 0.0128. The molecule has 1 aliphatic heterocycles. The van der Waals surface area contributed by atoms with Gasteiger partial charge >= 0.3 is 0 Å². The van der Waals surface area contributed by atoms with Crippen molar-refractivity contribution in [3.63, 3.8) is 0 Å². The summed E-state index contributed by atoms with van der Waals surface area (Å²) in [6, 6.07) is 8.47. The van der Waals surface area contributed by atoms with Crippen molar-refractivity contribution >= 4 is 0 Å². The van der Waals surface area contributed by atoms with Crippen LogP contribution in [-0.2, 0) is 15.9 Å². The molecule has 0 saturated heterocycles. The number of methoxy groups -OCH3 is 1. The summed E-state index contributed by atoms with van der Waals surface area (Å²) in [6.45, 7) is 2.79. The van der Waals surface area contributed by atoms with Gasteiger partial charge < -0.3 is 15.2 Å². The van der Waals surface area contributed by atoms with Gasteiger partial charge in [0.1, 0.15) is 0 Å². The van der Waals surface area contributed by atoms with Crippen LogP contribution in [0.4, 0.5) is 0 Å². The molecule has 0 radical (unpaired) electrons. The molecule has 3 nitrogen and oxygen atoms in total. The molecule has 3 heteroatoms. The zero-order valence-corrected chi connectivity index (χ0v) is 10.6. The van der Waals surface area contributed by atoms with Crippen LogP contribution < -0.4 is 5.73 Å². The summed E-state index contributed by atoms with van der Waals surface area (Å²) >= 11 is 0. The first-order valence-electron chi connectivity index (χ1n) is 6.20. The fourth-order valence-corrected chi connectivity index (χ4v) is 2.29.